The molecule has 1 aliphatic rings. The number of benzene rings is 1. The fourth-order valence-corrected chi connectivity index (χ4v) is 3.33. The number of hydrogen-bond donors (Lipinski definition) is 1. The Morgan fingerprint density at radius 1 is 1.14 bits per heavy atom. The number of nitrogens with one attached hydrogen (secondary N) is 1. The molecule has 1 aliphatic carbocycles. The quantitative estimate of drug-likeness (QED) is 0.746. The molecule has 1 fully saturated rings. The Morgan fingerprint density at radius 3 is 2.52 bits per heavy atom. The third-order valence-electron chi connectivity index (χ3n) is 4.66. The molecule has 1 saturated carbocycles. The van der Waals surface area contributed by atoms with Gasteiger partial charge >= 0.3 is 0 Å². The van der Waals surface area contributed by atoms with E-state index in [9.17, 15) is 0 Å². The Kier molecular flexibility index (Phi) is 6.10. The molecule has 1 unspecified atom stereocenters. The zero-order chi connectivity index (χ0) is 15.2. The fourth-order valence-electron chi connectivity index (χ4n) is 3.33. The minimum absolute atomic E-state index is 0.646. The molecule has 0 spiro atoms. The maximum Gasteiger partial charge on any atom is 0.122 e. The Morgan fingerprint density at radius 2 is 1.86 bits per heavy atom. The number of hydrogen-bond acceptors (Lipinski definition) is 2. The largest absolute Gasteiger partial charge is 0.496 e. The summed E-state index contributed by atoms with van der Waals surface area (Å²) in [5.74, 6) is 2.54. The molecule has 0 heterocycles. The van der Waals surface area contributed by atoms with Crippen molar-refractivity contribution < 1.29 is 4.74 Å². The van der Waals surface area contributed by atoms with Crippen molar-refractivity contribution >= 4 is 0 Å². The van der Waals surface area contributed by atoms with Crippen molar-refractivity contribution in [3.8, 4) is 5.75 Å². The summed E-state index contributed by atoms with van der Waals surface area (Å²) in [6, 6.07) is 9.79. The normalized spacial score (nSPS) is 22.9. The van der Waals surface area contributed by atoms with Gasteiger partial charge < -0.3 is 10.1 Å². The molecule has 0 radical (unpaired) electrons. The van der Waals surface area contributed by atoms with Gasteiger partial charge in [0, 0.05) is 12.1 Å². The average molecular weight is 289 g/mol. The molecule has 2 nitrogen and oxygen atoms in total. The van der Waals surface area contributed by atoms with E-state index >= 15 is 0 Å². The van der Waals surface area contributed by atoms with Gasteiger partial charge in [-0.1, -0.05) is 44.9 Å². The van der Waals surface area contributed by atoms with E-state index in [1.165, 1.54) is 37.7 Å². The first-order valence-electron chi connectivity index (χ1n) is 8.49. The minimum Gasteiger partial charge on any atom is -0.496 e. The molecule has 2 rings (SSSR count). The zero-order valence-electron chi connectivity index (χ0n) is 14.1. The Labute approximate surface area is 130 Å². The van der Waals surface area contributed by atoms with Crippen LogP contribution in [-0.2, 0) is 0 Å². The molecule has 0 aliphatic heterocycles. The smallest absolute Gasteiger partial charge is 0.122 e. The van der Waals surface area contributed by atoms with E-state index in [2.05, 4.69) is 44.3 Å². The molecule has 2 heteroatoms. The second-order valence-electron chi connectivity index (χ2n) is 7.00. The van der Waals surface area contributed by atoms with E-state index in [1.807, 2.05) is 6.07 Å². The highest BCUT2D eigenvalue weighted by Crippen LogP contribution is 2.41. The van der Waals surface area contributed by atoms with Gasteiger partial charge in [0.15, 0.2) is 0 Å². The van der Waals surface area contributed by atoms with Gasteiger partial charge in [-0.25, -0.2) is 0 Å². The Hall–Kier alpha value is -1.02. The van der Waals surface area contributed by atoms with Gasteiger partial charge in [0.1, 0.15) is 5.75 Å². The van der Waals surface area contributed by atoms with Crippen LogP contribution in [0.1, 0.15) is 64.4 Å². The van der Waals surface area contributed by atoms with Crippen LogP contribution in [0.4, 0.5) is 0 Å². The molecule has 0 saturated heterocycles. The molecule has 21 heavy (non-hydrogen) atoms. The van der Waals surface area contributed by atoms with Crippen LogP contribution in [0, 0.1) is 5.92 Å². The van der Waals surface area contributed by atoms with E-state index in [0.717, 1.165) is 11.7 Å². The fraction of sp³-hybridized carbons (Fsp3) is 0.684. The van der Waals surface area contributed by atoms with Crippen molar-refractivity contribution in [1.82, 2.24) is 5.32 Å². The highest BCUT2D eigenvalue weighted by molar-refractivity contribution is 5.37. The highest BCUT2D eigenvalue weighted by atomic mass is 16.5. The van der Waals surface area contributed by atoms with E-state index in [-0.39, 0.29) is 0 Å². The third-order valence-corrected chi connectivity index (χ3v) is 4.66. The highest BCUT2D eigenvalue weighted by Gasteiger charge is 2.32. The maximum atomic E-state index is 5.47. The summed E-state index contributed by atoms with van der Waals surface area (Å²) in [5, 5.41) is 3.79. The summed E-state index contributed by atoms with van der Waals surface area (Å²) in [4.78, 5) is 0. The standard InChI is InChI=1S/C19H31NO/c1-14(2)8-7-9-15(3)20-17-12-16(13-17)18-10-5-6-11-19(18)21-4/h5-6,10-11,14-17,20H,7-9,12-13H2,1-4H3. The van der Waals surface area contributed by atoms with Gasteiger partial charge in [0.25, 0.3) is 0 Å². The van der Waals surface area contributed by atoms with E-state index in [4.69, 9.17) is 4.74 Å². The van der Waals surface area contributed by atoms with Gasteiger partial charge in [0.05, 0.1) is 7.11 Å². The van der Waals surface area contributed by atoms with Crippen LogP contribution >= 0.6 is 0 Å². The molecule has 0 amide bonds. The summed E-state index contributed by atoms with van der Waals surface area (Å²) in [7, 11) is 1.77. The molecule has 1 N–H and O–H groups in total. The summed E-state index contributed by atoms with van der Waals surface area (Å²) in [6.45, 7) is 6.94. The SMILES string of the molecule is COc1ccccc1C1CC(NC(C)CCCC(C)C)C1. The number of para-hydroxylation sites is 1. The van der Waals surface area contributed by atoms with Crippen LogP contribution in [-0.4, -0.2) is 19.2 Å². The van der Waals surface area contributed by atoms with Gasteiger partial charge in [-0.3, -0.25) is 0 Å². The lowest BCUT2D eigenvalue weighted by Gasteiger charge is -2.38. The van der Waals surface area contributed by atoms with Crippen LogP contribution in [0.2, 0.25) is 0 Å². The summed E-state index contributed by atoms with van der Waals surface area (Å²) >= 11 is 0. The number of methoxy groups -OCH3 is 1. The Bertz CT molecular complexity index is 423. The molecule has 1 atom stereocenters. The molecule has 118 valence electrons. The Balaban J connectivity index is 1.71. The van der Waals surface area contributed by atoms with Crippen LogP contribution in [0.5, 0.6) is 5.75 Å². The van der Waals surface area contributed by atoms with Crippen molar-refractivity contribution in [3.05, 3.63) is 29.8 Å². The lowest BCUT2D eigenvalue weighted by atomic mass is 9.75. The number of ether oxygens (including phenoxy) is 1. The van der Waals surface area contributed by atoms with Gasteiger partial charge in [-0.15, -0.1) is 0 Å². The van der Waals surface area contributed by atoms with Crippen molar-refractivity contribution in [1.29, 1.82) is 0 Å². The van der Waals surface area contributed by atoms with Gasteiger partial charge in [-0.2, -0.15) is 0 Å². The van der Waals surface area contributed by atoms with Crippen LogP contribution in [0.15, 0.2) is 24.3 Å². The third kappa shape index (κ3) is 4.74. The monoisotopic (exact) mass is 289 g/mol. The minimum atomic E-state index is 0.646. The molecular weight excluding hydrogens is 258 g/mol. The summed E-state index contributed by atoms with van der Waals surface area (Å²) < 4.78 is 5.47. The van der Waals surface area contributed by atoms with E-state index in [0.29, 0.717) is 18.0 Å². The second-order valence-corrected chi connectivity index (χ2v) is 7.00. The maximum absolute atomic E-state index is 5.47. The molecular formula is C19H31NO. The van der Waals surface area contributed by atoms with Crippen molar-refractivity contribution in [2.75, 3.05) is 7.11 Å². The number of rotatable bonds is 8. The first-order chi connectivity index (χ1) is 10.1. The molecule has 0 bridgehead atoms. The van der Waals surface area contributed by atoms with Crippen LogP contribution in [0.25, 0.3) is 0 Å². The predicted molar refractivity (Wildman–Crippen MR) is 90.0 cm³/mol. The van der Waals surface area contributed by atoms with Crippen molar-refractivity contribution in [3.63, 3.8) is 0 Å². The second kappa shape index (κ2) is 7.84. The molecule has 0 aromatic heterocycles. The van der Waals surface area contributed by atoms with Gasteiger partial charge in [-0.05, 0) is 49.7 Å². The topological polar surface area (TPSA) is 21.3 Å². The predicted octanol–water partition coefficient (Wildman–Crippen LogP) is 4.75. The first-order valence-corrected chi connectivity index (χ1v) is 8.49. The van der Waals surface area contributed by atoms with Crippen LogP contribution < -0.4 is 10.1 Å². The van der Waals surface area contributed by atoms with E-state index in [1.54, 1.807) is 7.11 Å². The summed E-state index contributed by atoms with van der Waals surface area (Å²) in [5.41, 5.74) is 1.38. The van der Waals surface area contributed by atoms with Crippen molar-refractivity contribution in [2.24, 2.45) is 5.92 Å². The van der Waals surface area contributed by atoms with Gasteiger partial charge in [0.2, 0.25) is 0 Å². The van der Waals surface area contributed by atoms with E-state index < -0.39 is 0 Å². The average Bonchev–Trinajstić information content (AvgIpc) is 2.42. The van der Waals surface area contributed by atoms with Crippen LogP contribution in [0.3, 0.4) is 0 Å². The molecule has 1 aromatic rings. The molecule has 1 aromatic carbocycles. The first kappa shape index (κ1) is 16.4. The van der Waals surface area contributed by atoms with Crippen molar-refractivity contribution in [2.45, 2.75) is 70.9 Å². The lowest BCUT2D eigenvalue weighted by molar-refractivity contribution is 0.257. The lowest BCUT2D eigenvalue weighted by Crippen LogP contribution is -2.44. The zero-order valence-corrected chi connectivity index (χ0v) is 14.1. The summed E-state index contributed by atoms with van der Waals surface area (Å²) in [6.07, 6.45) is 6.48.